The smallest absolute Gasteiger partial charge is 0.0261 e. The summed E-state index contributed by atoms with van der Waals surface area (Å²) in [6.07, 6.45) is 0. The zero-order valence-electron chi connectivity index (χ0n) is 20.4. The topological polar surface area (TPSA) is 56.4 Å². The second-order valence-corrected chi connectivity index (χ2v) is 11.4. The van der Waals surface area contributed by atoms with Crippen molar-refractivity contribution >= 4 is 0 Å². The lowest BCUT2D eigenvalue weighted by Gasteiger charge is -2.42. The van der Waals surface area contributed by atoms with Crippen molar-refractivity contribution in [1.29, 1.82) is 0 Å². The van der Waals surface area contributed by atoms with Gasteiger partial charge in [0.1, 0.15) is 0 Å². The molecule has 4 aromatic rings. The fraction of sp³-hybridized carbons (Fsp3) is 0.429. The number of hydrogen-bond donors (Lipinski definition) is 0. The van der Waals surface area contributed by atoms with E-state index in [9.17, 15) is 0 Å². The molecule has 0 amide bonds. The molecule has 8 bridgehead atoms. The third kappa shape index (κ3) is 2.81. The van der Waals surface area contributed by atoms with E-state index in [4.69, 9.17) is 19.9 Å². The van der Waals surface area contributed by atoms with Crippen molar-refractivity contribution in [3.63, 3.8) is 0 Å². The lowest BCUT2D eigenvalue weighted by atomic mass is 9.85. The number of rotatable bonds is 0. The quantitative estimate of drug-likeness (QED) is 0.393. The molecular formula is C28H32N4-4. The van der Waals surface area contributed by atoms with Gasteiger partial charge in [0.25, 0.3) is 0 Å². The molecule has 0 N–H and O–H groups in total. The first-order valence-electron chi connectivity index (χ1n) is 11.4. The van der Waals surface area contributed by atoms with Crippen molar-refractivity contribution < 1.29 is 0 Å². The maximum absolute atomic E-state index is 5.10. The maximum Gasteiger partial charge on any atom is -0.0261 e. The largest absolute Gasteiger partial charge is 0.663 e. The van der Waals surface area contributed by atoms with E-state index in [1.165, 1.54) is 0 Å². The molecule has 0 aromatic carbocycles. The molecule has 4 aromatic heterocycles. The van der Waals surface area contributed by atoms with E-state index in [0.29, 0.717) is 0 Å². The maximum atomic E-state index is 5.10. The SMILES string of the molecule is CC1(C)c2ccc([n-]2)C(C)(C)c2ccc([n-]2)C(C)(C)c2ccc([n-]2)C(C)(C)c2ccc1[n-]2. The van der Waals surface area contributed by atoms with Gasteiger partial charge in [-0.25, -0.2) is 0 Å². The molecule has 0 radical (unpaired) electrons. The van der Waals surface area contributed by atoms with Crippen molar-refractivity contribution in [3.05, 3.63) is 94.1 Å². The van der Waals surface area contributed by atoms with Gasteiger partial charge in [0.15, 0.2) is 0 Å². The van der Waals surface area contributed by atoms with Gasteiger partial charge in [-0.05, 0) is 21.7 Å². The zero-order chi connectivity index (χ0) is 23.1. The molecule has 1 aliphatic rings. The first-order valence-corrected chi connectivity index (χ1v) is 11.4. The van der Waals surface area contributed by atoms with Gasteiger partial charge in [0, 0.05) is 0 Å². The summed E-state index contributed by atoms with van der Waals surface area (Å²) in [5, 5.41) is 0. The highest BCUT2D eigenvalue weighted by atomic mass is 14.9. The summed E-state index contributed by atoms with van der Waals surface area (Å²) in [5.74, 6) is 0. The Labute approximate surface area is 191 Å². The minimum Gasteiger partial charge on any atom is -0.663 e. The van der Waals surface area contributed by atoms with Crippen molar-refractivity contribution in [1.82, 2.24) is 19.9 Å². The molecule has 0 saturated carbocycles. The Hall–Kier alpha value is -2.88. The predicted octanol–water partition coefficient (Wildman–Crippen LogP) is 5.13. The normalized spacial score (nSPS) is 20.2. The monoisotopic (exact) mass is 424 g/mol. The Bertz CT molecular complexity index is 999. The van der Waals surface area contributed by atoms with Crippen LogP contribution in [0.1, 0.15) is 101 Å². The van der Waals surface area contributed by atoms with Gasteiger partial charge in [0.05, 0.1) is 0 Å². The summed E-state index contributed by atoms with van der Waals surface area (Å²) < 4.78 is 0. The highest BCUT2D eigenvalue weighted by molar-refractivity contribution is 5.42. The molecule has 4 heteroatoms. The lowest BCUT2D eigenvalue weighted by molar-refractivity contribution is 0.538. The minimum absolute atomic E-state index is 0.295. The van der Waals surface area contributed by atoms with Crippen LogP contribution < -0.4 is 19.9 Å². The third-order valence-electron chi connectivity index (χ3n) is 7.68. The van der Waals surface area contributed by atoms with Crippen molar-refractivity contribution in [2.24, 2.45) is 0 Å². The van der Waals surface area contributed by atoms with Gasteiger partial charge in [0.2, 0.25) is 0 Å². The molecule has 168 valence electrons. The van der Waals surface area contributed by atoms with Crippen molar-refractivity contribution in [2.75, 3.05) is 0 Å². The van der Waals surface area contributed by atoms with E-state index in [-0.39, 0.29) is 21.7 Å². The third-order valence-corrected chi connectivity index (χ3v) is 7.68. The lowest BCUT2D eigenvalue weighted by Crippen LogP contribution is -2.28. The molecule has 5 rings (SSSR count). The Balaban J connectivity index is 1.76. The van der Waals surface area contributed by atoms with Crippen LogP contribution in [0.4, 0.5) is 0 Å². The molecule has 32 heavy (non-hydrogen) atoms. The van der Waals surface area contributed by atoms with Crippen molar-refractivity contribution in [3.8, 4) is 0 Å². The molecule has 0 spiro atoms. The summed E-state index contributed by atoms with van der Waals surface area (Å²) in [6.45, 7) is 17.6. The van der Waals surface area contributed by atoms with Crippen LogP contribution in [0, 0.1) is 0 Å². The van der Waals surface area contributed by atoms with Crippen LogP contribution in [0.15, 0.2) is 48.5 Å². The van der Waals surface area contributed by atoms with Gasteiger partial charge in [-0.3, -0.25) is 0 Å². The van der Waals surface area contributed by atoms with Crippen LogP contribution in [0.2, 0.25) is 0 Å². The Morgan fingerprint density at radius 1 is 0.312 bits per heavy atom. The van der Waals surface area contributed by atoms with E-state index in [2.05, 4.69) is 104 Å². The second kappa shape index (κ2) is 6.34. The van der Waals surface area contributed by atoms with Gasteiger partial charge in [-0.15, -0.1) is 0 Å². The molecule has 0 saturated heterocycles. The van der Waals surface area contributed by atoms with E-state index in [0.717, 1.165) is 45.6 Å². The zero-order valence-corrected chi connectivity index (χ0v) is 20.4. The molecule has 0 atom stereocenters. The number of fused-ring (bicyclic) bond motifs is 8. The van der Waals surface area contributed by atoms with Crippen LogP contribution in [-0.4, -0.2) is 0 Å². The van der Waals surface area contributed by atoms with Gasteiger partial charge < -0.3 is 19.9 Å². The van der Waals surface area contributed by atoms with Gasteiger partial charge >= 0.3 is 0 Å². The van der Waals surface area contributed by atoms with Crippen LogP contribution in [0.5, 0.6) is 0 Å². The summed E-state index contributed by atoms with van der Waals surface area (Å²) >= 11 is 0. The Morgan fingerprint density at radius 2 is 0.438 bits per heavy atom. The van der Waals surface area contributed by atoms with E-state index in [1.807, 2.05) is 0 Å². The molecule has 5 heterocycles. The van der Waals surface area contributed by atoms with Gasteiger partial charge in [-0.1, -0.05) is 104 Å². The highest BCUT2D eigenvalue weighted by Crippen LogP contribution is 2.39. The molecule has 0 aliphatic carbocycles. The molecule has 0 fully saturated rings. The Morgan fingerprint density at radius 3 is 0.562 bits per heavy atom. The Kier molecular flexibility index (Phi) is 4.16. The fourth-order valence-corrected chi connectivity index (χ4v) is 4.76. The van der Waals surface area contributed by atoms with Crippen LogP contribution in [-0.2, 0) is 21.7 Å². The standard InChI is InChI=1S/C28H32N4/c1-25(2)17-9-11-19(29-17)26(3,4)21-13-15-23(31-21)28(7,8)24-16-14-22(32-24)27(5,6)20-12-10-18(25)30-20/h9-16H,1-8H3/q-4. The summed E-state index contributed by atoms with van der Waals surface area (Å²) in [7, 11) is 0. The molecule has 4 nitrogen and oxygen atoms in total. The first-order chi connectivity index (χ1) is 14.8. The van der Waals surface area contributed by atoms with Gasteiger partial charge in [-0.2, -0.15) is 45.6 Å². The molecule has 0 unspecified atom stereocenters. The number of aromatic nitrogens is 4. The molecular weight excluding hydrogens is 392 g/mol. The summed E-state index contributed by atoms with van der Waals surface area (Å²) in [5.41, 5.74) is 7.12. The summed E-state index contributed by atoms with van der Waals surface area (Å²) in [4.78, 5) is 20.4. The van der Waals surface area contributed by atoms with Crippen LogP contribution in [0.25, 0.3) is 0 Å². The van der Waals surface area contributed by atoms with Crippen LogP contribution >= 0.6 is 0 Å². The second-order valence-electron chi connectivity index (χ2n) is 11.4. The van der Waals surface area contributed by atoms with E-state index < -0.39 is 0 Å². The van der Waals surface area contributed by atoms with E-state index in [1.54, 1.807) is 0 Å². The number of nitrogens with zero attached hydrogens (tertiary/aromatic N) is 4. The predicted molar refractivity (Wildman–Crippen MR) is 128 cm³/mol. The van der Waals surface area contributed by atoms with Crippen LogP contribution in [0.3, 0.4) is 0 Å². The average Bonchev–Trinajstić information content (AvgIpc) is 3.53. The fourth-order valence-electron chi connectivity index (χ4n) is 4.76. The highest BCUT2D eigenvalue weighted by Gasteiger charge is 2.25. The van der Waals surface area contributed by atoms with Crippen molar-refractivity contribution in [2.45, 2.75) is 77.0 Å². The minimum atomic E-state index is -0.295. The first kappa shape index (κ1) is 21.0. The average molecular weight is 425 g/mol. The number of hydrogen-bond acceptors (Lipinski definition) is 0. The molecule has 1 aliphatic heterocycles. The summed E-state index contributed by atoms with van der Waals surface area (Å²) in [6, 6.07) is 17.2. The van der Waals surface area contributed by atoms with E-state index >= 15 is 0 Å².